The van der Waals surface area contributed by atoms with Gasteiger partial charge in [0.1, 0.15) is 5.82 Å². The van der Waals surface area contributed by atoms with Crippen LogP contribution in [-0.4, -0.2) is 22.2 Å². The van der Waals surface area contributed by atoms with E-state index in [1.807, 2.05) is 0 Å². The summed E-state index contributed by atoms with van der Waals surface area (Å²) in [6, 6.07) is 2.00. The van der Waals surface area contributed by atoms with Gasteiger partial charge in [-0.15, -0.1) is 0 Å². The molecule has 0 heterocycles. The second-order valence-corrected chi connectivity index (χ2v) is 5.83. The fourth-order valence-electron chi connectivity index (χ4n) is 1.39. The molecule has 21 heavy (non-hydrogen) atoms. The number of aliphatic hydroxyl groups is 1. The molecule has 1 rings (SSSR count). The number of benzene rings is 1. The van der Waals surface area contributed by atoms with E-state index in [-0.39, 0.29) is 5.56 Å². The Morgan fingerprint density at radius 2 is 1.67 bits per heavy atom. The fourth-order valence-corrected chi connectivity index (χ4v) is 1.39. The van der Waals surface area contributed by atoms with E-state index in [1.54, 1.807) is 0 Å². The summed E-state index contributed by atoms with van der Waals surface area (Å²) in [7, 11) is 0. The number of carbonyl (C=O) groups excluding carboxylic acids is 1. The molecule has 0 fully saturated rings. The monoisotopic (exact) mass is 307 g/mol. The van der Waals surface area contributed by atoms with E-state index < -0.39 is 34.6 Å². The molecule has 7 heteroatoms. The number of nitrogens with one attached hydrogen (secondary N) is 1. The molecular formula is C14H17F4NO2. The van der Waals surface area contributed by atoms with E-state index in [0.29, 0.717) is 12.1 Å². The first-order chi connectivity index (χ1) is 9.25. The van der Waals surface area contributed by atoms with Crippen LogP contribution in [0.3, 0.4) is 0 Å². The summed E-state index contributed by atoms with van der Waals surface area (Å²) in [4.78, 5) is 12.0. The summed E-state index contributed by atoms with van der Waals surface area (Å²) in [5.41, 5.74) is -4.22. The Kier molecular flexibility index (Phi) is 4.39. The van der Waals surface area contributed by atoms with Crippen molar-refractivity contribution in [3.8, 4) is 0 Å². The SMILES string of the molecule is CC(C)(O)C(C)(C)NC(=O)c1ccc(F)c(C(F)(F)F)c1. The van der Waals surface area contributed by atoms with Crippen molar-refractivity contribution < 1.29 is 27.5 Å². The number of halogens is 4. The van der Waals surface area contributed by atoms with Crippen LogP contribution >= 0.6 is 0 Å². The second-order valence-electron chi connectivity index (χ2n) is 5.83. The zero-order chi connectivity index (χ0) is 16.6. The summed E-state index contributed by atoms with van der Waals surface area (Å²) < 4.78 is 51.0. The van der Waals surface area contributed by atoms with Gasteiger partial charge in [0.05, 0.1) is 16.7 Å². The molecule has 0 saturated carbocycles. The van der Waals surface area contributed by atoms with Crippen LogP contribution in [0.25, 0.3) is 0 Å². The fraction of sp³-hybridized carbons (Fsp3) is 0.500. The Labute approximate surface area is 120 Å². The minimum Gasteiger partial charge on any atom is -0.388 e. The van der Waals surface area contributed by atoms with Gasteiger partial charge in [0.25, 0.3) is 5.91 Å². The molecule has 1 aromatic rings. The number of carbonyl (C=O) groups is 1. The van der Waals surface area contributed by atoms with Crippen LogP contribution in [0.1, 0.15) is 43.6 Å². The molecule has 0 aromatic heterocycles. The standard InChI is InChI=1S/C14H17F4NO2/c1-12(2,13(3,4)21)19-11(20)8-5-6-10(15)9(7-8)14(16,17)18/h5-7,21H,1-4H3,(H,19,20). The molecule has 0 unspecified atom stereocenters. The van der Waals surface area contributed by atoms with Crippen molar-refractivity contribution >= 4 is 5.91 Å². The van der Waals surface area contributed by atoms with Gasteiger partial charge in [-0.2, -0.15) is 13.2 Å². The van der Waals surface area contributed by atoms with E-state index in [9.17, 15) is 27.5 Å². The van der Waals surface area contributed by atoms with Gasteiger partial charge in [-0.3, -0.25) is 4.79 Å². The number of alkyl halides is 3. The number of rotatable bonds is 3. The van der Waals surface area contributed by atoms with Crippen LogP contribution in [0.15, 0.2) is 18.2 Å². The highest BCUT2D eigenvalue weighted by Crippen LogP contribution is 2.32. The first-order valence-corrected chi connectivity index (χ1v) is 6.17. The molecule has 0 saturated heterocycles. The predicted molar refractivity (Wildman–Crippen MR) is 69.2 cm³/mol. The Balaban J connectivity index is 3.11. The molecule has 0 atom stereocenters. The van der Waals surface area contributed by atoms with Crippen LogP contribution in [0, 0.1) is 5.82 Å². The number of hydrogen-bond acceptors (Lipinski definition) is 2. The highest BCUT2D eigenvalue weighted by atomic mass is 19.4. The smallest absolute Gasteiger partial charge is 0.388 e. The molecule has 0 aliphatic carbocycles. The molecular weight excluding hydrogens is 290 g/mol. The molecule has 0 bridgehead atoms. The summed E-state index contributed by atoms with van der Waals surface area (Å²) in [5, 5.41) is 12.3. The lowest BCUT2D eigenvalue weighted by molar-refractivity contribution is -0.140. The van der Waals surface area contributed by atoms with Gasteiger partial charge in [0.15, 0.2) is 0 Å². The van der Waals surface area contributed by atoms with Crippen LogP contribution in [0.5, 0.6) is 0 Å². The molecule has 3 nitrogen and oxygen atoms in total. The van der Waals surface area contributed by atoms with Crippen LogP contribution in [0.2, 0.25) is 0 Å². The Hall–Kier alpha value is -1.63. The lowest BCUT2D eigenvalue weighted by Crippen LogP contribution is -2.57. The predicted octanol–water partition coefficient (Wildman–Crippen LogP) is 3.12. The van der Waals surface area contributed by atoms with Gasteiger partial charge < -0.3 is 10.4 Å². The van der Waals surface area contributed by atoms with E-state index in [0.717, 1.165) is 6.07 Å². The number of amides is 1. The summed E-state index contributed by atoms with van der Waals surface area (Å²) in [6.45, 7) is 5.97. The molecule has 1 amide bonds. The minimum atomic E-state index is -4.88. The molecule has 2 N–H and O–H groups in total. The van der Waals surface area contributed by atoms with Crippen LogP contribution < -0.4 is 5.32 Å². The molecule has 0 aliphatic rings. The largest absolute Gasteiger partial charge is 0.419 e. The van der Waals surface area contributed by atoms with Gasteiger partial charge in [0, 0.05) is 5.56 Å². The zero-order valence-electron chi connectivity index (χ0n) is 12.1. The van der Waals surface area contributed by atoms with Crippen molar-refractivity contribution in [2.45, 2.75) is 45.0 Å². The average Bonchev–Trinajstić information content (AvgIpc) is 2.25. The second kappa shape index (κ2) is 5.29. The van der Waals surface area contributed by atoms with Gasteiger partial charge in [-0.25, -0.2) is 4.39 Å². The minimum absolute atomic E-state index is 0.332. The highest BCUT2D eigenvalue weighted by molar-refractivity contribution is 5.95. The first-order valence-electron chi connectivity index (χ1n) is 6.17. The Morgan fingerprint density at radius 3 is 2.10 bits per heavy atom. The van der Waals surface area contributed by atoms with E-state index in [2.05, 4.69) is 5.32 Å². The third kappa shape index (κ3) is 3.93. The van der Waals surface area contributed by atoms with Gasteiger partial charge >= 0.3 is 6.18 Å². The third-order valence-corrected chi connectivity index (χ3v) is 3.49. The Morgan fingerprint density at radius 1 is 1.14 bits per heavy atom. The normalized spacial score (nSPS) is 13.2. The van der Waals surface area contributed by atoms with E-state index >= 15 is 0 Å². The van der Waals surface area contributed by atoms with Crippen molar-refractivity contribution in [1.82, 2.24) is 5.32 Å². The highest BCUT2D eigenvalue weighted by Gasteiger charge is 2.38. The van der Waals surface area contributed by atoms with Crippen molar-refractivity contribution in [2.24, 2.45) is 0 Å². The van der Waals surface area contributed by atoms with E-state index in [1.165, 1.54) is 27.7 Å². The van der Waals surface area contributed by atoms with Crippen molar-refractivity contribution in [3.63, 3.8) is 0 Å². The third-order valence-electron chi connectivity index (χ3n) is 3.49. The average molecular weight is 307 g/mol. The maximum Gasteiger partial charge on any atom is 0.419 e. The van der Waals surface area contributed by atoms with Crippen molar-refractivity contribution in [2.75, 3.05) is 0 Å². The zero-order valence-corrected chi connectivity index (χ0v) is 12.1. The molecule has 1 aromatic carbocycles. The maximum absolute atomic E-state index is 13.2. The lowest BCUT2D eigenvalue weighted by atomic mass is 9.85. The van der Waals surface area contributed by atoms with Gasteiger partial charge in [-0.1, -0.05) is 0 Å². The quantitative estimate of drug-likeness (QED) is 0.843. The van der Waals surface area contributed by atoms with Crippen molar-refractivity contribution in [3.05, 3.63) is 35.1 Å². The van der Waals surface area contributed by atoms with Crippen molar-refractivity contribution in [1.29, 1.82) is 0 Å². The lowest BCUT2D eigenvalue weighted by Gasteiger charge is -2.38. The summed E-state index contributed by atoms with van der Waals surface area (Å²) in [5.74, 6) is -2.27. The summed E-state index contributed by atoms with van der Waals surface area (Å²) in [6.07, 6.45) is -4.88. The van der Waals surface area contributed by atoms with Gasteiger partial charge in [0.2, 0.25) is 0 Å². The van der Waals surface area contributed by atoms with Crippen LogP contribution in [-0.2, 0) is 6.18 Å². The topological polar surface area (TPSA) is 49.3 Å². The molecule has 0 aliphatic heterocycles. The van der Waals surface area contributed by atoms with E-state index in [4.69, 9.17) is 0 Å². The van der Waals surface area contributed by atoms with Gasteiger partial charge in [-0.05, 0) is 45.9 Å². The molecule has 0 spiro atoms. The molecule has 0 radical (unpaired) electrons. The maximum atomic E-state index is 13.2. The Bertz CT molecular complexity index is 545. The molecule has 118 valence electrons. The summed E-state index contributed by atoms with van der Waals surface area (Å²) >= 11 is 0. The van der Waals surface area contributed by atoms with Crippen LogP contribution in [0.4, 0.5) is 17.6 Å². The number of hydrogen-bond donors (Lipinski definition) is 2. The first kappa shape index (κ1) is 17.4.